The van der Waals surface area contributed by atoms with Crippen LogP contribution in [0.4, 0.5) is 5.95 Å². The largest absolute Gasteiger partial charge is 0.383 e. The lowest BCUT2D eigenvalue weighted by Gasteiger charge is -2.05. The van der Waals surface area contributed by atoms with Gasteiger partial charge in [-0.3, -0.25) is 10.1 Å². The minimum Gasteiger partial charge on any atom is -0.383 e. The topological polar surface area (TPSA) is 97.7 Å². The van der Waals surface area contributed by atoms with E-state index in [4.69, 9.17) is 4.74 Å². The van der Waals surface area contributed by atoms with Gasteiger partial charge >= 0.3 is 0 Å². The zero-order valence-electron chi connectivity index (χ0n) is 11.4. The van der Waals surface area contributed by atoms with Crippen LogP contribution in [-0.4, -0.2) is 44.8 Å². The molecule has 8 nitrogen and oxygen atoms in total. The molecule has 0 spiro atoms. The predicted octanol–water partition coefficient (Wildman–Crippen LogP) is 1.05. The molecule has 0 fully saturated rings. The molecule has 0 aliphatic carbocycles. The summed E-state index contributed by atoms with van der Waals surface area (Å²) in [5.41, 5.74) is 1.60. The molecule has 3 rings (SSSR count). The number of ether oxygens (including phenoxy) is 1. The van der Waals surface area contributed by atoms with E-state index in [1.807, 2.05) is 24.4 Å². The number of aromatic amines is 1. The van der Waals surface area contributed by atoms with Gasteiger partial charge in [-0.25, -0.2) is 0 Å². The number of methoxy groups -OCH3 is 1. The Morgan fingerprint density at radius 1 is 1.43 bits per heavy atom. The first kappa shape index (κ1) is 13.3. The summed E-state index contributed by atoms with van der Waals surface area (Å²) in [4.78, 5) is 12.1. The van der Waals surface area contributed by atoms with Crippen LogP contribution in [-0.2, 0) is 11.3 Å². The maximum absolute atomic E-state index is 12.1. The Kier molecular flexibility index (Phi) is 3.61. The number of fused-ring (bicyclic) bond motifs is 1. The molecular weight excluding hydrogens is 272 g/mol. The third-order valence-corrected chi connectivity index (χ3v) is 3.14. The highest BCUT2D eigenvalue weighted by atomic mass is 16.5. The first-order valence-corrected chi connectivity index (χ1v) is 6.40. The number of H-pyrrole nitrogens is 1. The van der Waals surface area contributed by atoms with Gasteiger partial charge in [0.15, 0.2) is 0 Å². The van der Waals surface area contributed by atoms with Crippen LogP contribution in [0.1, 0.15) is 10.4 Å². The lowest BCUT2D eigenvalue weighted by molar-refractivity contribution is 0.102. The van der Waals surface area contributed by atoms with E-state index in [0.717, 1.165) is 17.4 Å². The molecule has 2 N–H and O–H groups in total. The van der Waals surface area contributed by atoms with Crippen molar-refractivity contribution in [3.05, 3.63) is 36.0 Å². The van der Waals surface area contributed by atoms with Crippen LogP contribution in [0.15, 0.2) is 30.5 Å². The van der Waals surface area contributed by atoms with Gasteiger partial charge in [0.05, 0.1) is 6.61 Å². The number of rotatable bonds is 5. The van der Waals surface area contributed by atoms with E-state index in [2.05, 4.69) is 30.5 Å². The number of carbonyl (C=O) groups excluding carboxylic acids is 1. The molecule has 3 aromatic rings. The average molecular weight is 286 g/mol. The standard InChI is InChI=1S/C13H14N6O2/c1-21-7-6-19-5-4-9-8-10(2-3-11(9)19)12(20)14-13-15-17-18-16-13/h2-5,8H,6-7H2,1H3,(H2,14,15,16,17,18,20). The Labute approximate surface area is 120 Å². The summed E-state index contributed by atoms with van der Waals surface area (Å²) >= 11 is 0. The zero-order valence-corrected chi connectivity index (χ0v) is 11.4. The number of carbonyl (C=O) groups is 1. The fourth-order valence-corrected chi connectivity index (χ4v) is 2.11. The second-order valence-electron chi connectivity index (χ2n) is 4.47. The number of benzene rings is 1. The lowest BCUT2D eigenvalue weighted by Crippen LogP contribution is -2.13. The van der Waals surface area contributed by atoms with Crippen LogP contribution in [0.5, 0.6) is 0 Å². The van der Waals surface area contributed by atoms with Crippen LogP contribution < -0.4 is 5.32 Å². The van der Waals surface area contributed by atoms with Gasteiger partial charge in [-0.05, 0) is 29.5 Å². The molecule has 2 heterocycles. The normalized spacial score (nSPS) is 10.9. The fourth-order valence-electron chi connectivity index (χ4n) is 2.11. The summed E-state index contributed by atoms with van der Waals surface area (Å²) in [7, 11) is 1.67. The number of tetrazole rings is 1. The maximum Gasteiger partial charge on any atom is 0.270 e. The van der Waals surface area contributed by atoms with Crippen molar-refractivity contribution in [2.45, 2.75) is 6.54 Å². The molecule has 1 aromatic carbocycles. The first-order chi connectivity index (χ1) is 10.3. The molecule has 0 radical (unpaired) electrons. The molecular formula is C13H14N6O2. The van der Waals surface area contributed by atoms with Crippen molar-refractivity contribution in [1.29, 1.82) is 0 Å². The minimum atomic E-state index is -0.275. The number of hydrogen-bond donors (Lipinski definition) is 2. The minimum absolute atomic E-state index is 0.151. The molecule has 0 saturated carbocycles. The Morgan fingerprint density at radius 2 is 2.33 bits per heavy atom. The van der Waals surface area contributed by atoms with Gasteiger partial charge in [-0.15, -0.1) is 5.10 Å². The summed E-state index contributed by atoms with van der Waals surface area (Å²) < 4.78 is 7.16. The smallest absolute Gasteiger partial charge is 0.270 e. The predicted molar refractivity (Wildman–Crippen MR) is 75.9 cm³/mol. The molecule has 0 saturated heterocycles. The summed E-state index contributed by atoms with van der Waals surface area (Å²) in [6, 6.07) is 7.47. The quantitative estimate of drug-likeness (QED) is 0.730. The van der Waals surface area contributed by atoms with Crippen molar-refractivity contribution in [2.24, 2.45) is 0 Å². The van der Waals surface area contributed by atoms with Crippen molar-refractivity contribution in [3.8, 4) is 0 Å². The number of nitrogens with zero attached hydrogens (tertiary/aromatic N) is 4. The van der Waals surface area contributed by atoms with Crippen LogP contribution in [0.2, 0.25) is 0 Å². The van der Waals surface area contributed by atoms with E-state index in [9.17, 15) is 4.79 Å². The van der Waals surface area contributed by atoms with E-state index >= 15 is 0 Å². The second-order valence-corrected chi connectivity index (χ2v) is 4.47. The summed E-state index contributed by atoms with van der Waals surface area (Å²) in [6.45, 7) is 1.41. The van der Waals surface area contributed by atoms with Crippen molar-refractivity contribution < 1.29 is 9.53 Å². The summed E-state index contributed by atoms with van der Waals surface area (Å²) in [5.74, 6) is -0.124. The van der Waals surface area contributed by atoms with Crippen molar-refractivity contribution >= 4 is 22.8 Å². The van der Waals surface area contributed by atoms with Gasteiger partial charge in [0.1, 0.15) is 0 Å². The van der Waals surface area contributed by atoms with Crippen LogP contribution >= 0.6 is 0 Å². The molecule has 0 atom stereocenters. The van der Waals surface area contributed by atoms with Crippen molar-refractivity contribution in [1.82, 2.24) is 25.2 Å². The van der Waals surface area contributed by atoms with Gasteiger partial charge in [-0.2, -0.15) is 5.21 Å². The highest BCUT2D eigenvalue weighted by Gasteiger charge is 2.10. The number of amides is 1. The summed E-state index contributed by atoms with van der Waals surface area (Å²) in [6.07, 6.45) is 1.98. The third kappa shape index (κ3) is 2.75. The Hall–Kier alpha value is -2.74. The number of aromatic nitrogens is 5. The molecule has 2 aromatic heterocycles. The molecule has 21 heavy (non-hydrogen) atoms. The van der Waals surface area contributed by atoms with Gasteiger partial charge in [0.25, 0.3) is 11.9 Å². The van der Waals surface area contributed by atoms with Crippen molar-refractivity contribution in [2.75, 3.05) is 19.0 Å². The van der Waals surface area contributed by atoms with E-state index in [1.165, 1.54) is 0 Å². The van der Waals surface area contributed by atoms with Crippen LogP contribution in [0, 0.1) is 0 Å². The first-order valence-electron chi connectivity index (χ1n) is 6.40. The molecule has 1 amide bonds. The Bertz CT molecular complexity index is 749. The molecule has 108 valence electrons. The Balaban J connectivity index is 1.82. The van der Waals surface area contributed by atoms with E-state index in [-0.39, 0.29) is 11.9 Å². The van der Waals surface area contributed by atoms with Gasteiger partial charge in [0.2, 0.25) is 0 Å². The van der Waals surface area contributed by atoms with Crippen LogP contribution in [0.25, 0.3) is 10.9 Å². The van der Waals surface area contributed by atoms with E-state index in [1.54, 1.807) is 13.2 Å². The van der Waals surface area contributed by atoms with E-state index in [0.29, 0.717) is 12.2 Å². The lowest BCUT2D eigenvalue weighted by atomic mass is 10.1. The molecule has 8 heteroatoms. The summed E-state index contributed by atoms with van der Waals surface area (Å²) in [5, 5.41) is 16.6. The maximum atomic E-state index is 12.1. The highest BCUT2D eigenvalue weighted by molar-refractivity contribution is 6.05. The molecule has 0 bridgehead atoms. The SMILES string of the molecule is COCCn1ccc2cc(C(=O)Nc3nn[nH]n3)ccc21. The number of nitrogens with one attached hydrogen (secondary N) is 2. The molecule has 0 aliphatic heterocycles. The second kappa shape index (κ2) is 5.71. The highest BCUT2D eigenvalue weighted by Crippen LogP contribution is 2.18. The average Bonchev–Trinajstić information content (AvgIpc) is 3.14. The molecule has 0 aliphatic rings. The van der Waals surface area contributed by atoms with Gasteiger partial charge in [0, 0.05) is 36.3 Å². The number of hydrogen-bond acceptors (Lipinski definition) is 5. The zero-order chi connectivity index (χ0) is 14.7. The van der Waals surface area contributed by atoms with Gasteiger partial charge in [-0.1, -0.05) is 5.10 Å². The fraction of sp³-hybridized carbons (Fsp3) is 0.231. The molecule has 0 unspecified atom stereocenters. The van der Waals surface area contributed by atoms with Gasteiger partial charge < -0.3 is 9.30 Å². The Morgan fingerprint density at radius 3 is 3.10 bits per heavy atom. The van der Waals surface area contributed by atoms with E-state index < -0.39 is 0 Å². The third-order valence-electron chi connectivity index (χ3n) is 3.14. The van der Waals surface area contributed by atoms with Crippen LogP contribution in [0.3, 0.4) is 0 Å². The monoisotopic (exact) mass is 286 g/mol. The number of anilines is 1. The van der Waals surface area contributed by atoms with Crippen molar-refractivity contribution in [3.63, 3.8) is 0 Å².